The van der Waals surface area contributed by atoms with E-state index in [2.05, 4.69) is 10.3 Å². The van der Waals surface area contributed by atoms with Crippen LogP contribution in [-0.4, -0.2) is 35.3 Å². The molecule has 6 nitrogen and oxygen atoms in total. The quantitative estimate of drug-likeness (QED) is 0.723. The molecule has 2 heterocycles. The van der Waals surface area contributed by atoms with Crippen molar-refractivity contribution in [1.29, 1.82) is 0 Å². The Balaban J connectivity index is 1.52. The summed E-state index contributed by atoms with van der Waals surface area (Å²) in [7, 11) is 1.61. The molecular weight excluding hydrogens is 350 g/mol. The van der Waals surface area contributed by atoms with Gasteiger partial charge in [-0.25, -0.2) is 4.98 Å². The number of carbonyl (C=O) groups is 2. The van der Waals surface area contributed by atoms with Crippen LogP contribution in [0.2, 0.25) is 0 Å². The van der Waals surface area contributed by atoms with E-state index in [1.807, 2.05) is 42.6 Å². The van der Waals surface area contributed by atoms with Crippen molar-refractivity contribution in [3.63, 3.8) is 0 Å². The Morgan fingerprint density at radius 3 is 2.69 bits per heavy atom. The third-order valence-electron chi connectivity index (χ3n) is 3.76. The number of likely N-dealkylation sites (N-methyl/N-ethyl adjacent to an activating group) is 1. The predicted octanol–water partition coefficient (Wildman–Crippen LogP) is 3.35. The first kappa shape index (κ1) is 17.9. The largest absolute Gasteiger partial charge is 0.462 e. The molecule has 0 aliphatic carbocycles. The Labute approximate surface area is 155 Å². The van der Waals surface area contributed by atoms with Gasteiger partial charge in [0.15, 0.2) is 10.8 Å². The third-order valence-corrected chi connectivity index (χ3v) is 4.66. The van der Waals surface area contributed by atoms with Crippen molar-refractivity contribution < 1.29 is 14.0 Å². The number of aromatic nitrogens is 1. The van der Waals surface area contributed by atoms with Crippen LogP contribution in [0.5, 0.6) is 0 Å². The zero-order chi connectivity index (χ0) is 18.5. The van der Waals surface area contributed by atoms with E-state index in [-0.39, 0.29) is 24.8 Å². The molecular formula is C19H19N3O3S. The number of hydrogen-bond donors (Lipinski definition) is 1. The number of nitrogens with one attached hydrogen (secondary N) is 1. The fourth-order valence-electron chi connectivity index (χ4n) is 2.33. The lowest BCUT2D eigenvalue weighted by Gasteiger charge is -2.16. The normalized spacial score (nSPS) is 10.5. The smallest absolute Gasteiger partial charge is 0.243 e. The first-order chi connectivity index (χ1) is 12.5. The zero-order valence-electron chi connectivity index (χ0n) is 14.6. The van der Waals surface area contributed by atoms with Crippen LogP contribution in [0.1, 0.15) is 11.3 Å². The van der Waals surface area contributed by atoms with Gasteiger partial charge in [0.1, 0.15) is 0 Å². The van der Waals surface area contributed by atoms with Crippen LogP contribution in [0.15, 0.2) is 52.5 Å². The third kappa shape index (κ3) is 4.58. The van der Waals surface area contributed by atoms with Crippen molar-refractivity contribution in [2.24, 2.45) is 0 Å². The molecule has 7 heteroatoms. The van der Waals surface area contributed by atoms with E-state index in [9.17, 15) is 9.59 Å². The van der Waals surface area contributed by atoms with E-state index in [4.69, 9.17) is 4.42 Å². The lowest BCUT2D eigenvalue weighted by molar-refractivity contribution is -0.132. The molecule has 0 saturated carbocycles. The molecule has 0 unspecified atom stereocenters. The highest BCUT2D eigenvalue weighted by Crippen LogP contribution is 2.24. The molecule has 1 aromatic carbocycles. The fraction of sp³-hybridized carbons (Fsp3) is 0.211. The maximum absolute atomic E-state index is 12.3. The van der Waals surface area contributed by atoms with Crippen LogP contribution in [0.25, 0.3) is 10.8 Å². The average Bonchev–Trinajstić information content (AvgIpc) is 3.28. The fourth-order valence-corrected chi connectivity index (χ4v) is 3.12. The number of thiazole rings is 1. The Morgan fingerprint density at radius 1 is 1.23 bits per heavy atom. The second-order valence-corrected chi connectivity index (χ2v) is 6.82. The van der Waals surface area contributed by atoms with Gasteiger partial charge in [-0.15, -0.1) is 11.3 Å². The molecule has 0 aliphatic rings. The molecule has 0 aliphatic heterocycles. The van der Waals surface area contributed by atoms with E-state index >= 15 is 0 Å². The van der Waals surface area contributed by atoms with Crippen molar-refractivity contribution in [1.82, 2.24) is 9.88 Å². The van der Waals surface area contributed by atoms with Gasteiger partial charge >= 0.3 is 0 Å². The maximum atomic E-state index is 12.3. The summed E-state index contributed by atoms with van der Waals surface area (Å²) in [6.45, 7) is 1.97. The van der Waals surface area contributed by atoms with Crippen LogP contribution in [0.4, 0.5) is 5.69 Å². The van der Waals surface area contributed by atoms with Crippen molar-refractivity contribution in [3.8, 4) is 10.8 Å². The van der Waals surface area contributed by atoms with Crippen molar-refractivity contribution >= 4 is 28.8 Å². The Kier molecular flexibility index (Phi) is 5.48. The van der Waals surface area contributed by atoms with Gasteiger partial charge in [-0.3, -0.25) is 9.59 Å². The van der Waals surface area contributed by atoms with E-state index in [0.717, 1.165) is 10.6 Å². The van der Waals surface area contributed by atoms with Crippen LogP contribution in [0, 0.1) is 6.92 Å². The zero-order valence-corrected chi connectivity index (χ0v) is 15.4. The van der Waals surface area contributed by atoms with Crippen LogP contribution < -0.4 is 5.32 Å². The molecule has 3 aromatic rings. The number of nitrogens with zero attached hydrogens (tertiary/aromatic N) is 2. The van der Waals surface area contributed by atoms with Gasteiger partial charge < -0.3 is 14.6 Å². The van der Waals surface area contributed by atoms with Gasteiger partial charge in [0, 0.05) is 18.1 Å². The number of carbonyl (C=O) groups excluding carboxylic acids is 2. The lowest BCUT2D eigenvalue weighted by atomic mass is 10.2. The molecule has 0 atom stereocenters. The van der Waals surface area contributed by atoms with Gasteiger partial charge in [-0.05, 0) is 31.2 Å². The Bertz CT molecular complexity index is 885. The van der Waals surface area contributed by atoms with E-state index in [1.54, 1.807) is 19.4 Å². The summed E-state index contributed by atoms with van der Waals surface area (Å²) in [6, 6.07) is 11.1. The molecule has 0 bridgehead atoms. The van der Waals surface area contributed by atoms with Crippen molar-refractivity contribution in [2.75, 3.05) is 18.9 Å². The summed E-state index contributed by atoms with van der Waals surface area (Å²) in [4.78, 5) is 30.2. The summed E-state index contributed by atoms with van der Waals surface area (Å²) in [5, 5.41) is 5.35. The monoisotopic (exact) mass is 369 g/mol. The Morgan fingerprint density at radius 2 is 2.00 bits per heavy atom. The van der Waals surface area contributed by atoms with Gasteiger partial charge in [-0.2, -0.15) is 0 Å². The molecule has 3 rings (SSSR count). The molecule has 0 spiro atoms. The predicted molar refractivity (Wildman–Crippen MR) is 101 cm³/mol. The molecule has 0 saturated heterocycles. The molecule has 1 N–H and O–H groups in total. The topological polar surface area (TPSA) is 75.4 Å². The second-order valence-electron chi connectivity index (χ2n) is 5.96. The van der Waals surface area contributed by atoms with Crippen LogP contribution >= 0.6 is 11.3 Å². The number of anilines is 1. The summed E-state index contributed by atoms with van der Waals surface area (Å²) in [5.41, 5.74) is 2.49. The lowest BCUT2D eigenvalue weighted by Crippen LogP contribution is -2.35. The first-order valence-electron chi connectivity index (χ1n) is 8.10. The SMILES string of the molecule is Cc1ccc(NC(=O)CN(C)C(=O)Cc2csc(-c3ccco3)n2)cc1. The van der Waals surface area contributed by atoms with Crippen molar-refractivity contribution in [2.45, 2.75) is 13.3 Å². The molecule has 26 heavy (non-hydrogen) atoms. The van der Waals surface area contributed by atoms with Gasteiger partial charge in [0.25, 0.3) is 0 Å². The number of benzene rings is 1. The summed E-state index contributed by atoms with van der Waals surface area (Å²) in [6.07, 6.45) is 1.73. The molecule has 2 amide bonds. The summed E-state index contributed by atoms with van der Waals surface area (Å²) < 4.78 is 5.30. The Hall–Kier alpha value is -2.93. The number of amides is 2. The minimum absolute atomic E-state index is 0.0120. The minimum Gasteiger partial charge on any atom is -0.462 e. The molecule has 134 valence electrons. The highest BCUT2D eigenvalue weighted by atomic mass is 32.1. The van der Waals surface area contributed by atoms with Gasteiger partial charge in [0.2, 0.25) is 11.8 Å². The second kappa shape index (κ2) is 7.97. The number of rotatable bonds is 6. The summed E-state index contributed by atoms with van der Waals surface area (Å²) in [5.74, 6) is 0.277. The van der Waals surface area contributed by atoms with Crippen LogP contribution in [0.3, 0.4) is 0 Å². The van der Waals surface area contributed by atoms with Crippen LogP contribution in [-0.2, 0) is 16.0 Å². The average molecular weight is 369 g/mol. The first-order valence-corrected chi connectivity index (χ1v) is 8.98. The van der Waals surface area contributed by atoms with E-state index in [0.29, 0.717) is 17.1 Å². The molecule has 0 fully saturated rings. The van der Waals surface area contributed by atoms with Crippen molar-refractivity contribution in [3.05, 3.63) is 59.3 Å². The highest BCUT2D eigenvalue weighted by Gasteiger charge is 2.16. The molecule has 0 radical (unpaired) electrons. The minimum atomic E-state index is -0.237. The van der Waals surface area contributed by atoms with E-state index < -0.39 is 0 Å². The standard InChI is InChI=1S/C19H19N3O3S/c1-13-5-7-14(8-6-13)20-17(23)11-22(2)18(24)10-15-12-26-19(21-15)16-4-3-9-25-16/h3-9,12H,10-11H2,1-2H3,(H,20,23). The van der Waals surface area contributed by atoms with Gasteiger partial charge in [0.05, 0.1) is 24.9 Å². The highest BCUT2D eigenvalue weighted by molar-refractivity contribution is 7.13. The van der Waals surface area contributed by atoms with Gasteiger partial charge in [-0.1, -0.05) is 17.7 Å². The number of aryl methyl sites for hydroxylation is 1. The summed E-state index contributed by atoms with van der Waals surface area (Å²) >= 11 is 1.42. The molecule has 2 aromatic heterocycles. The number of hydrogen-bond acceptors (Lipinski definition) is 5. The van der Waals surface area contributed by atoms with E-state index in [1.165, 1.54) is 16.2 Å². The number of furan rings is 1. The maximum Gasteiger partial charge on any atom is 0.243 e.